The molecule has 3 heteroatoms. The minimum absolute atomic E-state index is 0.178. The van der Waals surface area contributed by atoms with E-state index in [2.05, 4.69) is 11.8 Å². The molecule has 0 radical (unpaired) electrons. The molecule has 1 heterocycles. The zero-order valence-corrected chi connectivity index (χ0v) is 11.8. The van der Waals surface area contributed by atoms with E-state index < -0.39 is 0 Å². The van der Waals surface area contributed by atoms with Gasteiger partial charge in [0.25, 0.3) is 0 Å². The Hall–Kier alpha value is -0.930. The SMILES string of the molecule is C[C@H](CN1CCC[C@H]([C@H](C)O)C1)c1ccc(F)cc1. The molecule has 0 saturated carbocycles. The van der Waals surface area contributed by atoms with Crippen LogP contribution in [0.4, 0.5) is 4.39 Å². The summed E-state index contributed by atoms with van der Waals surface area (Å²) in [6.07, 6.45) is 2.06. The molecule has 0 aromatic heterocycles. The lowest BCUT2D eigenvalue weighted by Gasteiger charge is -2.35. The lowest BCUT2D eigenvalue weighted by atomic mass is 9.92. The van der Waals surface area contributed by atoms with Gasteiger partial charge in [0.05, 0.1) is 6.10 Å². The fraction of sp³-hybridized carbons (Fsp3) is 0.625. The molecule has 0 unspecified atom stereocenters. The molecular weight excluding hydrogens is 241 g/mol. The van der Waals surface area contributed by atoms with E-state index in [0.717, 1.165) is 32.5 Å². The van der Waals surface area contributed by atoms with Crippen molar-refractivity contribution in [2.24, 2.45) is 5.92 Å². The summed E-state index contributed by atoms with van der Waals surface area (Å²) in [5.74, 6) is 0.616. The number of nitrogens with zero attached hydrogens (tertiary/aromatic N) is 1. The Morgan fingerprint density at radius 2 is 2.00 bits per heavy atom. The zero-order chi connectivity index (χ0) is 13.8. The molecule has 0 aliphatic carbocycles. The lowest BCUT2D eigenvalue weighted by molar-refractivity contribution is 0.0610. The monoisotopic (exact) mass is 265 g/mol. The Bertz CT molecular complexity index is 390. The quantitative estimate of drug-likeness (QED) is 0.904. The first kappa shape index (κ1) is 14.5. The van der Waals surface area contributed by atoms with Crippen LogP contribution in [0.25, 0.3) is 0 Å². The van der Waals surface area contributed by atoms with Crippen molar-refractivity contribution in [3.8, 4) is 0 Å². The number of hydrogen-bond donors (Lipinski definition) is 1. The molecular formula is C16H24FNO. The molecule has 3 atom stereocenters. The van der Waals surface area contributed by atoms with E-state index in [4.69, 9.17) is 0 Å². The fourth-order valence-corrected chi connectivity index (χ4v) is 2.93. The van der Waals surface area contributed by atoms with Gasteiger partial charge in [-0.25, -0.2) is 4.39 Å². The molecule has 1 aliphatic rings. The molecule has 1 aromatic rings. The molecule has 0 amide bonds. The first-order valence-corrected chi connectivity index (χ1v) is 7.22. The van der Waals surface area contributed by atoms with Crippen LogP contribution in [-0.4, -0.2) is 35.7 Å². The fourth-order valence-electron chi connectivity index (χ4n) is 2.93. The molecule has 1 aromatic carbocycles. The van der Waals surface area contributed by atoms with Crippen LogP contribution < -0.4 is 0 Å². The van der Waals surface area contributed by atoms with Crippen LogP contribution in [0.1, 0.15) is 38.2 Å². The molecule has 1 N–H and O–H groups in total. The number of piperidine rings is 1. The number of likely N-dealkylation sites (tertiary alicyclic amines) is 1. The van der Waals surface area contributed by atoms with Gasteiger partial charge in [-0.05, 0) is 55.8 Å². The van der Waals surface area contributed by atoms with Crippen LogP contribution in [0.3, 0.4) is 0 Å². The van der Waals surface area contributed by atoms with Crippen LogP contribution in [0.2, 0.25) is 0 Å². The average molecular weight is 265 g/mol. The van der Waals surface area contributed by atoms with Crippen LogP contribution in [0.15, 0.2) is 24.3 Å². The molecule has 106 valence electrons. The number of hydrogen-bond acceptors (Lipinski definition) is 2. The number of aliphatic hydroxyl groups excluding tert-OH is 1. The van der Waals surface area contributed by atoms with Crippen molar-refractivity contribution in [1.29, 1.82) is 0 Å². The highest BCUT2D eigenvalue weighted by atomic mass is 19.1. The summed E-state index contributed by atoms with van der Waals surface area (Å²) in [5, 5.41) is 9.71. The van der Waals surface area contributed by atoms with Crippen molar-refractivity contribution >= 4 is 0 Å². The highest BCUT2D eigenvalue weighted by Crippen LogP contribution is 2.23. The predicted octanol–water partition coefficient (Wildman–Crippen LogP) is 3.02. The molecule has 1 fully saturated rings. The van der Waals surface area contributed by atoms with Gasteiger partial charge in [0.15, 0.2) is 0 Å². The number of rotatable bonds is 4. The Morgan fingerprint density at radius 1 is 1.32 bits per heavy atom. The topological polar surface area (TPSA) is 23.5 Å². The maximum absolute atomic E-state index is 12.9. The van der Waals surface area contributed by atoms with E-state index >= 15 is 0 Å². The highest BCUT2D eigenvalue weighted by Gasteiger charge is 2.24. The van der Waals surface area contributed by atoms with Crippen molar-refractivity contribution in [1.82, 2.24) is 4.90 Å². The van der Waals surface area contributed by atoms with Crippen molar-refractivity contribution in [2.75, 3.05) is 19.6 Å². The van der Waals surface area contributed by atoms with Gasteiger partial charge < -0.3 is 10.0 Å². The second kappa shape index (κ2) is 6.49. The Kier molecular flexibility index (Phi) is 4.94. The minimum Gasteiger partial charge on any atom is -0.393 e. The zero-order valence-electron chi connectivity index (χ0n) is 11.8. The molecule has 2 rings (SSSR count). The average Bonchev–Trinajstić information content (AvgIpc) is 2.39. The summed E-state index contributed by atoms with van der Waals surface area (Å²) < 4.78 is 12.9. The molecule has 0 bridgehead atoms. The van der Waals surface area contributed by atoms with E-state index in [-0.39, 0.29) is 11.9 Å². The van der Waals surface area contributed by atoms with Crippen LogP contribution in [-0.2, 0) is 0 Å². The maximum atomic E-state index is 12.9. The largest absolute Gasteiger partial charge is 0.393 e. The molecule has 2 nitrogen and oxygen atoms in total. The van der Waals surface area contributed by atoms with Gasteiger partial charge in [-0.15, -0.1) is 0 Å². The predicted molar refractivity (Wildman–Crippen MR) is 75.7 cm³/mol. The van der Waals surface area contributed by atoms with E-state index in [1.54, 1.807) is 0 Å². The first-order valence-electron chi connectivity index (χ1n) is 7.22. The second-order valence-corrected chi connectivity index (χ2v) is 5.86. The second-order valence-electron chi connectivity index (χ2n) is 5.86. The van der Waals surface area contributed by atoms with Crippen molar-refractivity contribution in [3.05, 3.63) is 35.6 Å². The van der Waals surface area contributed by atoms with Crippen molar-refractivity contribution in [3.63, 3.8) is 0 Å². The number of benzene rings is 1. The van der Waals surface area contributed by atoms with Gasteiger partial charge in [-0.2, -0.15) is 0 Å². The third-order valence-corrected chi connectivity index (χ3v) is 4.20. The van der Waals surface area contributed by atoms with Gasteiger partial charge in [-0.3, -0.25) is 0 Å². The van der Waals surface area contributed by atoms with Gasteiger partial charge in [-0.1, -0.05) is 19.1 Å². The van der Waals surface area contributed by atoms with Gasteiger partial charge >= 0.3 is 0 Å². The number of halogens is 1. The Balaban J connectivity index is 1.91. The van der Waals surface area contributed by atoms with Gasteiger partial charge in [0.2, 0.25) is 0 Å². The smallest absolute Gasteiger partial charge is 0.123 e. The molecule has 19 heavy (non-hydrogen) atoms. The van der Waals surface area contributed by atoms with Crippen LogP contribution in [0, 0.1) is 11.7 Å². The van der Waals surface area contributed by atoms with Crippen LogP contribution >= 0.6 is 0 Å². The van der Waals surface area contributed by atoms with E-state index in [9.17, 15) is 9.50 Å². The Labute approximate surface area is 115 Å². The maximum Gasteiger partial charge on any atom is 0.123 e. The van der Waals surface area contributed by atoms with Crippen molar-refractivity contribution in [2.45, 2.75) is 38.7 Å². The molecule has 0 spiro atoms. The summed E-state index contributed by atoms with van der Waals surface area (Å²) in [5.41, 5.74) is 1.18. The minimum atomic E-state index is -0.219. The summed E-state index contributed by atoms with van der Waals surface area (Å²) in [6, 6.07) is 6.80. The van der Waals surface area contributed by atoms with Gasteiger partial charge in [0, 0.05) is 13.1 Å². The first-order chi connectivity index (χ1) is 9.06. The van der Waals surface area contributed by atoms with E-state index in [1.807, 2.05) is 19.1 Å². The van der Waals surface area contributed by atoms with E-state index in [0.29, 0.717) is 11.8 Å². The number of aliphatic hydroxyl groups is 1. The van der Waals surface area contributed by atoms with E-state index in [1.165, 1.54) is 17.7 Å². The lowest BCUT2D eigenvalue weighted by Crippen LogP contribution is -2.41. The highest BCUT2D eigenvalue weighted by molar-refractivity contribution is 5.20. The molecule has 1 aliphatic heterocycles. The summed E-state index contributed by atoms with van der Waals surface area (Å²) in [4.78, 5) is 2.43. The summed E-state index contributed by atoms with van der Waals surface area (Å²) in [7, 11) is 0. The summed E-state index contributed by atoms with van der Waals surface area (Å²) >= 11 is 0. The Morgan fingerprint density at radius 3 is 2.63 bits per heavy atom. The third kappa shape index (κ3) is 4.02. The van der Waals surface area contributed by atoms with Crippen molar-refractivity contribution < 1.29 is 9.50 Å². The molecule has 1 saturated heterocycles. The summed E-state index contributed by atoms with van der Waals surface area (Å²) in [6.45, 7) is 7.13. The third-order valence-electron chi connectivity index (χ3n) is 4.20. The van der Waals surface area contributed by atoms with Crippen LogP contribution in [0.5, 0.6) is 0 Å². The van der Waals surface area contributed by atoms with Gasteiger partial charge in [0.1, 0.15) is 5.82 Å². The standard InChI is InChI=1S/C16H24FNO/c1-12(14-5-7-16(17)8-6-14)10-18-9-3-4-15(11-18)13(2)19/h5-8,12-13,15,19H,3-4,9-11H2,1-2H3/t12-,13+,15+/m1/s1. The normalized spacial score (nSPS) is 24.1.